The number of amides is 1. The van der Waals surface area contributed by atoms with Crippen molar-refractivity contribution in [1.82, 2.24) is 39.0 Å². The summed E-state index contributed by atoms with van der Waals surface area (Å²) in [7, 11) is 3.23. The highest BCUT2D eigenvalue weighted by Gasteiger charge is 2.47. The predicted octanol–water partition coefficient (Wildman–Crippen LogP) is 10.9. The van der Waals surface area contributed by atoms with Crippen LogP contribution in [0.2, 0.25) is 10.0 Å². The van der Waals surface area contributed by atoms with Crippen LogP contribution in [0.4, 0.5) is 11.6 Å². The highest BCUT2D eigenvalue weighted by Crippen LogP contribution is 2.65. The molecule has 2 aliphatic rings. The van der Waals surface area contributed by atoms with Crippen LogP contribution < -0.4 is 20.5 Å². The minimum Gasteiger partial charge on any atom is -0.497 e. The fourth-order valence-corrected chi connectivity index (χ4v) is 15.0. The molecule has 2 aliphatic heterocycles. The number of ether oxygens (including phenoxy) is 6. The van der Waals surface area contributed by atoms with Crippen molar-refractivity contribution in [2.75, 3.05) is 38.5 Å². The summed E-state index contributed by atoms with van der Waals surface area (Å²) in [5.41, 5.74) is 6.41. The molecule has 3 N–H and O–H groups in total. The van der Waals surface area contributed by atoms with E-state index in [1.165, 1.54) is 31.0 Å². The number of nitrogens with two attached hydrogens (primary N) is 1. The maximum absolute atomic E-state index is 13.4. The molecular formula is C57H53Cl2N10O10PS2. The number of nitrogen functional groups attached to an aromatic ring is 1. The molecule has 9 aromatic rings. The maximum Gasteiger partial charge on any atom is 0.302 e. The van der Waals surface area contributed by atoms with Gasteiger partial charge in [-0.1, -0.05) is 113 Å². The average molecular weight is 1200 g/mol. The molecule has 0 bridgehead atoms. The number of rotatable bonds is 21. The molecule has 20 nitrogen and oxygen atoms in total. The van der Waals surface area contributed by atoms with Gasteiger partial charge in [0.25, 0.3) is 5.91 Å². The third kappa shape index (κ3) is 12.1. The average Bonchev–Trinajstić information content (AvgIpc) is 4.43. The van der Waals surface area contributed by atoms with Crippen LogP contribution in [0.1, 0.15) is 64.8 Å². The van der Waals surface area contributed by atoms with Crippen molar-refractivity contribution in [3.05, 3.63) is 191 Å². The number of nitrogens with one attached hydrogen (secondary N) is 1. The number of benzene rings is 5. The molecule has 422 valence electrons. The number of carbonyl (C=O) groups excluding carboxylic acids is 2. The molecule has 0 spiro atoms. The number of hydrogen-bond acceptors (Lipinski definition) is 19. The lowest BCUT2D eigenvalue weighted by Crippen LogP contribution is -2.38. The number of fused-ring (bicyclic) bond motifs is 2. The minimum absolute atomic E-state index is 0.0774. The van der Waals surface area contributed by atoms with E-state index < -0.39 is 54.1 Å². The van der Waals surface area contributed by atoms with Gasteiger partial charge in [0.2, 0.25) is 5.69 Å². The molecule has 4 aromatic heterocycles. The number of methoxy groups -OCH3 is 2. The van der Waals surface area contributed by atoms with Gasteiger partial charge < -0.3 is 48.5 Å². The Morgan fingerprint density at radius 2 is 1.30 bits per heavy atom. The summed E-state index contributed by atoms with van der Waals surface area (Å²) >= 11 is 21.0. The molecule has 2 fully saturated rings. The molecule has 25 heteroatoms. The molecule has 7 atom stereocenters. The molecule has 82 heavy (non-hydrogen) atoms. The van der Waals surface area contributed by atoms with E-state index in [-0.39, 0.29) is 49.4 Å². The number of nitrogens with zero attached hydrogens (tertiary/aromatic N) is 8. The van der Waals surface area contributed by atoms with Gasteiger partial charge in [0.1, 0.15) is 66.0 Å². The van der Waals surface area contributed by atoms with E-state index >= 15 is 0 Å². The van der Waals surface area contributed by atoms with Crippen LogP contribution in [0.3, 0.4) is 0 Å². The molecular weight excluding hydrogens is 1150 g/mol. The maximum atomic E-state index is 13.4. The van der Waals surface area contributed by atoms with Crippen LogP contribution in [0.5, 0.6) is 11.5 Å². The zero-order valence-corrected chi connectivity index (χ0v) is 48.2. The van der Waals surface area contributed by atoms with E-state index in [4.69, 9.17) is 83.2 Å². The second kappa shape index (κ2) is 24.8. The van der Waals surface area contributed by atoms with Crippen molar-refractivity contribution in [1.29, 1.82) is 0 Å². The lowest BCUT2D eigenvalue weighted by molar-refractivity contribution is -0.150. The van der Waals surface area contributed by atoms with Crippen LogP contribution >= 0.6 is 40.3 Å². The second-order valence-electron chi connectivity index (χ2n) is 19.0. The van der Waals surface area contributed by atoms with E-state index in [9.17, 15) is 9.59 Å². The summed E-state index contributed by atoms with van der Waals surface area (Å²) in [4.78, 5) is 52.8. The Morgan fingerprint density at radius 3 is 1.93 bits per heavy atom. The molecule has 5 aromatic carbocycles. The first-order chi connectivity index (χ1) is 39.8. The monoisotopic (exact) mass is 1200 g/mol. The van der Waals surface area contributed by atoms with Gasteiger partial charge in [-0.25, -0.2) is 29.9 Å². The van der Waals surface area contributed by atoms with Gasteiger partial charge in [0.05, 0.1) is 46.2 Å². The van der Waals surface area contributed by atoms with Crippen molar-refractivity contribution >= 4 is 97.9 Å². The summed E-state index contributed by atoms with van der Waals surface area (Å²) in [6, 6.07) is 39.3. The van der Waals surface area contributed by atoms with Crippen molar-refractivity contribution in [2.24, 2.45) is 0 Å². The highest BCUT2D eigenvalue weighted by molar-refractivity contribution is 8.67. The molecule has 0 radical (unpaired) electrons. The highest BCUT2D eigenvalue weighted by atomic mass is 35.5. The van der Waals surface area contributed by atoms with Crippen LogP contribution in [0.25, 0.3) is 22.3 Å². The normalized spacial score (nSPS) is 19.7. The van der Waals surface area contributed by atoms with Gasteiger partial charge in [-0.05, 0) is 82.6 Å². The van der Waals surface area contributed by atoms with E-state index in [2.05, 4.69) is 30.2 Å². The van der Waals surface area contributed by atoms with Crippen molar-refractivity contribution in [2.45, 2.75) is 68.0 Å². The van der Waals surface area contributed by atoms with Crippen LogP contribution in [0.15, 0.2) is 153 Å². The first kappa shape index (κ1) is 56.8. The van der Waals surface area contributed by atoms with Gasteiger partial charge in [0, 0.05) is 41.1 Å². The fraction of sp³-hybridized carbons (Fsp3) is 0.263. The topological polar surface area (TPSA) is 233 Å². The summed E-state index contributed by atoms with van der Waals surface area (Å²) in [6.07, 6.45) is 1.44. The van der Waals surface area contributed by atoms with E-state index in [0.29, 0.717) is 49.4 Å². The Kier molecular flexibility index (Phi) is 17.2. The lowest BCUT2D eigenvalue weighted by atomic mass is 9.80. The van der Waals surface area contributed by atoms with Gasteiger partial charge >= 0.3 is 5.97 Å². The smallest absolute Gasteiger partial charge is 0.302 e. The standard InChI is InChI=1S/C57H53Cl2N10O10PS2/c1-34(70)76-44-25-48(68-32-65-50-52(60)61-30-63-54(50)68)78-47(44)28-75-80(81,82-29-36-14-19-40(58)24-43(36)59)79-45-26-49(69-33-66-51-53(62-31-64-55(51)69)67-56(71)35-10-6-4-7-11-35)77-46(45)27-74-57(37-12-8-5-9-13-37,38-15-20-41(72-2)21-16-38)39-17-22-42(73-3)23-18-39/h4-24,30-33,44-49H,25-29H2,1-3H3,(H2,60,61,63)(H,62,64,67,71)/t44-,45-,46+,47+,48+,49+,80?/m0/s1. The Bertz CT molecular complexity index is 3730. The van der Waals surface area contributed by atoms with Crippen LogP contribution in [0, 0.1) is 0 Å². The molecule has 6 heterocycles. The quantitative estimate of drug-likeness (QED) is 0.0387. The van der Waals surface area contributed by atoms with Crippen LogP contribution in [-0.2, 0) is 56.0 Å². The number of hydrogen-bond donors (Lipinski definition) is 2. The zero-order valence-electron chi connectivity index (χ0n) is 44.2. The first-order valence-corrected chi connectivity index (χ1v) is 30.7. The second-order valence-corrected chi connectivity index (χ2v) is 26.1. The summed E-state index contributed by atoms with van der Waals surface area (Å²) in [6.45, 7) is 1.09. The van der Waals surface area contributed by atoms with E-state index in [0.717, 1.165) is 22.3 Å². The molecule has 11 rings (SSSR count). The van der Waals surface area contributed by atoms with Crippen molar-refractivity contribution < 1.29 is 47.1 Å². The Labute approximate surface area is 489 Å². The minimum atomic E-state index is -3.58. The number of anilines is 2. The number of aromatic nitrogens is 8. The first-order valence-electron chi connectivity index (χ1n) is 25.8. The SMILES string of the molecule is COc1ccc(C(OC[C@H]2O[C@@H](n3cnc4c(NC(=O)c5ccccc5)ncnc43)C[C@@H]2OP(=S)(OC[C@H]2O[C@@H](n3cnc4c(N)ncnc43)C[C@@H]2OC(C)=O)SCc2ccc(Cl)cc2Cl)(c2ccccc2)c2ccc(OC)cc2)cc1. The largest absolute Gasteiger partial charge is 0.497 e. The van der Waals surface area contributed by atoms with Crippen LogP contribution in [-0.4, -0.2) is 103 Å². The van der Waals surface area contributed by atoms with Crippen molar-refractivity contribution in [3.8, 4) is 11.5 Å². The van der Waals surface area contributed by atoms with Gasteiger partial charge in [0.15, 0.2) is 28.4 Å². The Morgan fingerprint density at radius 1 is 0.732 bits per heavy atom. The van der Waals surface area contributed by atoms with Gasteiger partial charge in [-0.2, -0.15) is 0 Å². The number of halogens is 2. The molecule has 0 saturated carbocycles. The fourth-order valence-electron chi connectivity index (χ4n) is 9.99. The summed E-state index contributed by atoms with van der Waals surface area (Å²) < 4.78 is 56.0. The molecule has 0 aliphatic carbocycles. The number of carbonyl (C=O) groups is 2. The van der Waals surface area contributed by atoms with Gasteiger partial charge in [-0.15, -0.1) is 0 Å². The lowest BCUT2D eigenvalue weighted by Gasteiger charge is -2.37. The number of esters is 1. The summed E-state index contributed by atoms with van der Waals surface area (Å²) in [5.74, 6) is 1.09. The Balaban J connectivity index is 0.966. The zero-order chi connectivity index (χ0) is 57.0. The molecule has 1 amide bonds. The third-order valence-corrected chi connectivity index (χ3v) is 19.8. The Hall–Kier alpha value is -7.08. The van der Waals surface area contributed by atoms with E-state index in [1.54, 1.807) is 72.4 Å². The predicted molar refractivity (Wildman–Crippen MR) is 313 cm³/mol. The number of imidazole rings is 2. The van der Waals surface area contributed by atoms with E-state index in [1.807, 2.05) is 91.0 Å². The molecule has 2 saturated heterocycles. The van der Waals surface area contributed by atoms with Crippen molar-refractivity contribution in [3.63, 3.8) is 0 Å². The third-order valence-electron chi connectivity index (χ3n) is 14.0. The van der Waals surface area contributed by atoms with Gasteiger partial charge in [-0.3, -0.25) is 18.7 Å². The molecule has 1 unspecified atom stereocenters. The summed E-state index contributed by atoms with van der Waals surface area (Å²) in [5, 5.41) is 3.78.